The molecule has 0 aromatic carbocycles. The summed E-state index contributed by atoms with van der Waals surface area (Å²) in [5.74, 6) is -0.0929. The van der Waals surface area contributed by atoms with E-state index in [-0.39, 0.29) is 6.10 Å². The van der Waals surface area contributed by atoms with Crippen molar-refractivity contribution in [3.63, 3.8) is 0 Å². The van der Waals surface area contributed by atoms with Crippen LogP contribution in [0, 0.1) is 5.92 Å². The number of rotatable bonds is 2. The van der Waals surface area contributed by atoms with Crippen molar-refractivity contribution in [1.82, 2.24) is 0 Å². The van der Waals surface area contributed by atoms with Crippen molar-refractivity contribution in [2.24, 2.45) is 11.7 Å². The maximum absolute atomic E-state index is 5.75. The van der Waals surface area contributed by atoms with Gasteiger partial charge in [0.05, 0.1) is 19.3 Å². The highest BCUT2D eigenvalue weighted by Gasteiger charge is 2.44. The zero-order valence-corrected chi connectivity index (χ0v) is 7.99. The fourth-order valence-electron chi connectivity index (χ4n) is 1.94. The highest BCUT2D eigenvalue weighted by atomic mass is 16.7. The zero-order chi connectivity index (χ0) is 9.31. The Balaban J connectivity index is 1.96. The van der Waals surface area contributed by atoms with Crippen molar-refractivity contribution in [3.05, 3.63) is 0 Å². The summed E-state index contributed by atoms with van der Waals surface area (Å²) in [6.45, 7) is 4.70. The first-order chi connectivity index (χ1) is 6.24. The molecule has 0 aliphatic carbocycles. The molecular weight excluding hydrogens is 170 g/mol. The minimum absolute atomic E-state index is 0.0607. The number of ether oxygens (including phenoxy) is 3. The lowest BCUT2D eigenvalue weighted by molar-refractivity contribution is -0.189. The molecule has 2 aliphatic rings. The van der Waals surface area contributed by atoms with Crippen molar-refractivity contribution in [3.8, 4) is 0 Å². The van der Waals surface area contributed by atoms with Gasteiger partial charge in [-0.05, 0) is 13.3 Å². The lowest BCUT2D eigenvalue weighted by Crippen LogP contribution is -2.37. The molecule has 2 heterocycles. The van der Waals surface area contributed by atoms with E-state index in [2.05, 4.69) is 0 Å². The molecule has 13 heavy (non-hydrogen) atoms. The Morgan fingerprint density at radius 1 is 1.46 bits per heavy atom. The summed E-state index contributed by atoms with van der Waals surface area (Å²) in [4.78, 5) is 0. The summed E-state index contributed by atoms with van der Waals surface area (Å²) in [6.07, 6.45) is 1.08. The van der Waals surface area contributed by atoms with Crippen LogP contribution in [0.1, 0.15) is 13.3 Å². The Bertz CT molecular complexity index is 182. The Morgan fingerprint density at radius 3 is 2.85 bits per heavy atom. The van der Waals surface area contributed by atoms with Crippen LogP contribution in [-0.2, 0) is 14.2 Å². The highest BCUT2D eigenvalue weighted by Crippen LogP contribution is 2.35. The predicted molar refractivity (Wildman–Crippen MR) is 47.2 cm³/mol. The van der Waals surface area contributed by atoms with Gasteiger partial charge in [-0.2, -0.15) is 0 Å². The summed E-state index contributed by atoms with van der Waals surface area (Å²) in [5.41, 5.74) is 5.52. The smallest absolute Gasteiger partial charge is 0.171 e. The van der Waals surface area contributed by atoms with Crippen molar-refractivity contribution >= 4 is 0 Å². The standard InChI is InChI=1S/C9H17NO3/c1-9(7-2-3-11-5-7)12-6-8(4-10)13-9/h7-8H,2-6,10H2,1H3. The van der Waals surface area contributed by atoms with Crippen LogP contribution < -0.4 is 5.73 Å². The van der Waals surface area contributed by atoms with Gasteiger partial charge in [-0.1, -0.05) is 0 Å². The van der Waals surface area contributed by atoms with E-state index in [4.69, 9.17) is 19.9 Å². The average Bonchev–Trinajstić information content (AvgIpc) is 2.72. The van der Waals surface area contributed by atoms with E-state index in [0.717, 1.165) is 19.6 Å². The minimum Gasteiger partial charge on any atom is -0.381 e. The van der Waals surface area contributed by atoms with Crippen LogP contribution in [0.3, 0.4) is 0 Å². The van der Waals surface area contributed by atoms with Gasteiger partial charge in [0.15, 0.2) is 5.79 Å². The third kappa shape index (κ3) is 1.72. The molecule has 2 aliphatic heterocycles. The van der Waals surface area contributed by atoms with E-state index in [1.165, 1.54) is 0 Å². The normalized spacial score (nSPS) is 45.7. The molecule has 0 bridgehead atoms. The van der Waals surface area contributed by atoms with Crippen molar-refractivity contribution in [2.45, 2.75) is 25.2 Å². The van der Waals surface area contributed by atoms with Crippen LogP contribution in [0.5, 0.6) is 0 Å². The second-order valence-electron chi connectivity index (χ2n) is 3.86. The molecule has 4 nitrogen and oxygen atoms in total. The molecule has 2 N–H and O–H groups in total. The summed E-state index contributed by atoms with van der Waals surface area (Å²) in [7, 11) is 0. The molecule has 0 aromatic rings. The van der Waals surface area contributed by atoms with E-state index >= 15 is 0 Å². The maximum atomic E-state index is 5.75. The first-order valence-electron chi connectivity index (χ1n) is 4.84. The van der Waals surface area contributed by atoms with Crippen molar-refractivity contribution in [1.29, 1.82) is 0 Å². The summed E-state index contributed by atoms with van der Waals surface area (Å²) < 4.78 is 16.7. The monoisotopic (exact) mass is 187 g/mol. The van der Waals surface area contributed by atoms with Gasteiger partial charge in [-0.25, -0.2) is 0 Å². The molecule has 2 rings (SSSR count). The van der Waals surface area contributed by atoms with E-state index < -0.39 is 5.79 Å². The summed E-state index contributed by atoms with van der Waals surface area (Å²) in [6, 6.07) is 0. The molecule has 0 saturated carbocycles. The Labute approximate surface area is 78.3 Å². The van der Waals surface area contributed by atoms with Gasteiger partial charge in [0.2, 0.25) is 0 Å². The fourth-order valence-corrected chi connectivity index (χ4v) is 1.94. The molecule has 76 valence electrons. The predicted octanol–water partition coefficient (Wildman–Crippen LogP) is 0.113. The topological polar surface area (TPSA) is 53.7 Å². The quantitative estimate of drug-likeness (QED) is 0.667. The molecule has 4 heteroatoms. The fraction of sp³-hybridized carbons (Fsp3) is 1.00. The molecule has 2 fully saturated rings. The maximum Gasteiger partial charge on any atom is 0.171 e. The third-order valence-corrected chi connectivity index (χ3v) is 2.89. The number of hydrogen-bond acceptors (Lipinski definition) is 4. The van der Waals surface area contributed by atoms with Crippen LogP contribution in [0.15, 0.2) is 0 Å². The average molecular weight is 187 g/mol. The largest absolute Gasteiger partial charge is 0.381 e. The van der Waals surface area contributed by atoms with Gasteiger partial charge in [0.25, 0.3) is 0 Å². The van der Waals surface area contributed by atoms with Gasteiger partial charge in [-0.3, -0.25) is 0 Å². The minimum atomic E-state index is -0.458. The van der Waals surface area contributed by atoms with Crippen LogP contribution in [-0.4, -0.2) is 38.3 Å². The highest BCUT2D eigenvalue weighted by molar-refractivity contribution is 4.84. The van der Waals surface area contributed by atoms with Gasteiger partial charge >= 0.3 is 0 Å². The van der Waals surface area contributed by atoms with Crippen molar-refractivity contribution in [2.75, 3.05) is 26.4 Å². The number of nitrogens with two attached hydrogens (primary N) is 1. The van der Waals surface area contributed by atoms with E-state index in [1.807, 2.05) is 6.92 Å². The van der Waals surface area contributed by atoms with Crippen molar-refractivity contribution < 1.29 is 14.2 Å². The molecule has 0 radical (unpaired) electrons. The molecule has 3 atom stereocenters. The van der Waals surface area contributed by atoms with Gasteiger partial charge < -0.3 is 19.9 Å². The van der Waals surface area contributed by atoms with E-state index in [0.29, 0.717) is 19.1 Å². The molecule has 3 unspecified atom stereocenters. The molecule has 0 aromatic heterocycles. The first kappa shape index (κ1) is 9.40. The molecule has 0 spiro atoms. The summed E-state index contributed by atoms with van der Waals surface area (Å²) >= 11 is 0. The van der Waals surface area contributed by atoms with E-state index in [9.17, 15) is 0 Å². The second-order valence-corrected chi connectivity index (χ2v) is 3.86. The Morgan fingerprint density at radius 2 is 2.31 bits per heavy atom. The Hall–Kier alpha value is -0.160. The zero-order valence-electron chi connectivity index (χ0n) is 7.99. The SMILES string of the molecule is CC1(C2CCOC2)OCC(CN)O1. The van der Waals surface area contributed by atoms with Gasteiger partial charge in [0, 0.05) is 19.1 Å². The lowest BCUT2D eigenvalue weighted by atomic mass is 9.99. The molecule has 0 amide bonds. The molecular formula is C9H17NO3. The van der Waals surface area contributed by atoms with E-state index in [1.54, 1.807) is 0 Å². The van der Waals surface area contributed by atoms with Crippen LogP contribution in [0.2, 0.25) is 0 Å². The van der Waals surface area contributed by atoms with Gasteiger partial charge in [-0.15, -0.1) is 0 Å². The second kappa shape index (κ2) is 3.53. The Kier molecular flexibility index (Phi) is 2.55. The number of hydrogen-bond donors (Lipinski definition) is 1. The summed E-state index contributed by atoms with van der Waals surface area (Å²) in [5, 5.41) is 0. The van der Waals surface area contributed by atoms with Crippen LogP contribution >= 0.6 is 0 Å². The third-order valence-electron chi connectivity index (χ3n) is 2.89. The van der Waals surface area contributed by atoms with Gasteiger partial charge in [0.1, 0.15) is 0 Å². The lowest BCUT2D eigenvalue weighted by Gasteiger charge is -2.28. The first-order valence-corrected chi connectivity index (χ1v) is 4.84. The molecule has 2 saturated heterocycles. The van der Waals surface area contributed by atoms with Crippen LogP contribution in [0.4, 0.5) is 0 Å². The van der Waals surface area contributed by atoms with Crippen LogP contribution in [0.25, 0.3) is 0 Å².